The van der Waals surface area contributed by atoms with E-state index in [9.17, 15) is 14.7 Å². The average molecular weight is 522 g/mol. The number of hydrogen-bond acceptors (Lipinski definition) is 8. The van der Waals surface area contributed by atoms with Crippen LogP contribution in [0.4, 0.5) is 0 Å². The minimum Gasteiger partial charge on any atom is -0.493 e. The standard InChI is InChI=1S/C30H35NO7/c1-35-24-12-11-20-17-21-9-5-6-10-22(20)28(24)36-25-18-30(21,34)15-13-23(25)37-29(33)27(38-26(32)14-16-31)19-7-3-2-4-8-19/h2-4,7-8,11-13,21,25,27,34H,5-6,9-10,14-18,31H2,1H3/t21-,25-,27+,30+/m1/s1. The number of fused-ring (bicyclic) bond motifs is 4. The number of aliphatic hydroxyl groups is 1. The van der Waals surface area contributed by atoms with Gasteiger partial charge in [-0.25, -0.2) is 4.79 Å². The molecule has 1 aliphatic heterocycles. The van der Waals surface area contributed by atoms with Crippen LogP contribution in [0.2, 0.25) is 0 Å². The van der Waals surface area contributed by atoms with E-state index in [4.69, 9.17) is 24.7 Å². The molecular weight excluding hydrogens is 486 g/mol. The Labute approximate surface area is 222 Å². The van der Waals surface area contributed by atoms with Gasteiger partial charge in [0, 0.05) is 24.1 Å². The number of rotatable bonds is 7. The quantitative estimate of drug-likeness (QED) is 0.527. The highest BCUT2D eigenvalue weighted by atomic mass is 16.6. The van der Waals surface area contributed by atoms with Crippen LogP contribution in [0, 0.1) is 5.92 Å². The normalized spacial score (nSPS) is 24.8. The lowest BCUT2D eigenvalue weighted by atomic mass is 9.71. The fourth-order valence-electron chi connectivity index (χ4n) is 5.88. The highest BCUT2D eigenvalue weighted by molar-refractivity contribution is 5.81. The van der Waals surface area contributed by atoms with Crippen LogP contribution in [0.25, 0.3) is 0 Å². The predicted molar refractivity (Wildman–Crippen MR) is 139 cm³/mol. The number of carbonyl (C=O) groups excluding carboxylic acids is 2. The van der Waals surface area contributed by atoms with E-state index in [0.29, 0.717) is 29.2 Å². The maximum absolute atomic E-state index is 13.5. The van der Waals surface area contributed by atoms with Crippen molar-refractivity contribution in [2.45, 2.75) is 69.2 Å². The third-order valence-corrected chi connectivity index (χ3v) is 7.90. The molecule has 0 spiro atoms. The third-order valence-electron chi connectivity index (χ3n) is 7.90. The zero-order chi connectivity index (χ0) is 26.7. The van der Waals surface area contributed by atoms with E-state index >= 15 is 0 Å². The van der Waals surface area contributed by atoms with E-state index in [1.165, 1.54) is 5.56 Å². The van der Waals surface area contributed by atoms with Crippen molar-refractivity contribution in [3.8, 4) is 11.5 Å². The molecule has 0 radical (unpaired) electrons. The Morgan fingerprint density at radius 2 is 2.00 bits per heavy atom. The van der Waals surface area contributed by atoms with Gasteiger partial charge in [-0.1, -0.05) is 42.8 Å². The zero-order valence-electron chi connectivity index (χ0n) is 21.7. The van der Waals surface area contributed by atoms with E-state index in [0.717, 1.165) is 37.7 Å². The van der Waals surface area contributed by atoms with Gasteiger partial charge in [0.2, 0.25) is 6.10 Å². The Morgan fingerprint density at radius 3 is 2.76 bits per heavy atom. The molecular formula is C30H35NO7. The van der Waals surface area contributed by atoms with Crippen LogP contribution in [0.5, 0.6) is 11.5 Å². The first-order valence-corrected chi connectivity index (χ1v) is 13.4. The van der Waals surface area contributed by atoms with Gasteiger partial charge in [0.05, 0.1) is 19.1 Å². The van der Waals surface area contributed by atoms with Crippen LogP contribution >= 0.6 is 0 Å². The van der Waals surface area contributed by atoms with Gasteiger partial charge >= 0.3 is 11.9 Å². The smallest absolute Gasteiger partial charge is 0.357 e. The van der Waals surface area contributed by atoms with E-state index < -0.39 is 29.7 Å². The first-order valence-electron chi connectivity index (χ1n) is 13.4. The second kappa shape index (κ2) is 11.2. The first kappa shape index (κ1) is 26.3. The summed E-state index contributed by atoms with van der Waals surface area (Å²) in [5.74, 6) is 0.279. The Kier molecular flexibility index (Phi) is 7.72. The summed E-state index contributed by atoms with van der Waals surface area (Å²) in [5.41, 5.74) is 7.26. The van der Waals surface area contributed by atoms with Gasteiger partial charge in [0.15, 0.2) is 17.6 Å². The number of hydrogen-bond donors (Lipinski definition) is 2. The van der Waals surface area contributed by atoms with Gasteiger partial charge < -0.3 is 29.8 Å². The van der Waals surface area contributed by atoms with Crippen LogP contribution in [-0.2, 0) is 31.9 Å². The van der Waals surface area contributed by atoms with Crippen molar-refractivity contribution in [1.29, 1.82) is 0 Å². The molecule has 1 heterocycles. The van der Waals surface area contributed by atoms with E-state index in [1.807, 2.05) is 12.1 Å². The van der Waals surface area contributed by atoms with Crippen molar-refractivity contribution in [2.75, 3.05) is 13.7 Å². The van der Waals surface area contributed by atoms with Crippen LogP contribution in [-0.4, -0.2) is 42.4 Å². The molecule has 38 heavy (non-hydrogen) atoms. The van der Waals surface area contributed by atoms with Crippen molar-refractivity contribution in [2.24, 2.45) is 11.7 Å². The van der Waals surface area contributed by atoms with Crippen molar-refractivity contribution >= 4 is 11.9 Å². The molecule has 6 bridgehead atoms. The maximum Gasteiger partial charge on any atom is 0.357 e. The van der Waals surface area contributed by atoms with Crippen molar-refractivity contribution in [3.05, 3.63) is 71.0 Å². The zero-order valence-corrected chi connectivity index (χ0v) is 21.7. The molecule has 4 atom stereocenters. The molecule has 3 aliphatic rings. The summed E-state index contributed by atoms with van der Waals surface area (Å²) < 4.78 is 23.6. The average Bonchev–Trinajstić information content (AvgIpc) is 2.91. The highest BCUT2D eigenvalue weighted by Gasteiger charge is 2.46. The molecule has 0 saturated carbocycles. The Bertz CT molecular complexity index is 1210. The molecule has 3 N–H and O–H groups in total. The number of benzene rings is 2. The molecule has 0 fully saturated rings. The summed E-state index contributed by atoms with van der Waals surface area (Å²) in [5, 5.41) is 11.9. The van der Waals surface area contributed by atoms with Gasteiger partial charge in [0.1, 0.15) is 5.76 Å². The van der Waals surface area contributed by atoms with Crippen LogP contribution in [0.15, 0.2) is 54.3 Å². The van der Waals surface area contributed by atoms with Gasteiger partial charge in [-0.2, -0.15) is 0 Å². The topological polar surface area (TPSA) is 117 Å². The Balaban J connectivity index is 1.48. The lowest BCUT2D eigenvalue weighted by Crippen LogP contribution is -2.46. The van der Waals surface area contributed by atoms with Crippen LogP contribution in [0.3, 0.4) is 0 Å². The predicted octanol–water partition coefficient (Wildman–Crippen LogP) is 3.93. The largest absolute Gasteiger partial charge is 0.493 e. The van der Waals surface area contributed by atoms with E-state index in [1.54, 1.807) is 37.5 Å². The van der Waals surface area contributed by atoms with Crippen molar-refractivity contribution < 1.29 is 33.6 Å². The number of nitrogens with two attached hydrogens (primary N) is 1. The molecule has 0 unspecified atom stereocenters. The van der Waals surface area contributed by atoms with E-state index in [-0.39, 0.29) is 25.3 Å². The monoisotopic (exact) mass is 521 g/mol. The minimum atomic E-state index is -1.25. The number of esters is 2. The summed E-state index contributed by atoms with van der Waals surface area (Å²) in [6.45, 7) is 0.111. The number of carbonyl (C=O) groups is 2. The Morgan fingerprint density at radius 1 is 1.18 bits per heavy atom. The molecule has 202 valence electrons. The van der Waals surface area contributed by atoms with Gasteiger partial charge in [-0.05, 0) is 55.7 Å². The second-order valence-corrected chi connectivity index (χ2v) is 10.3. The molecule has 0 amide bonds. The first-order chi connectivity index (χ1) is 18.4. The van der Waals surface area contributed by atoms with Gasteiger partial charge in [-0.15, -0.1) is 0 Å². The van der Waals surface area contributed by atoms with Gasteiger partial charge in [0.25, 0.3) is 0 Å². The van der Waals surface area contributed by atoms with E-state index in [2.05, 4.69) is 6.07 Å². The SMILES string of the molecule is COc1ccc2c3c1O[C@@H]1C[C@@](O)(CC=C1OC(=O)[C@@H](OC(=O)CCN)c1ccccc1)[C@H](CCCC3)C2. The lowest BCUT2D eigenvalue weighted by Gasteiger charge is -2.41. The molecule has 2 aliphatic carbocycles. The molecule has 2 aromatic rings. The van der Waals surface area contributed by atoms with Crippen molar-refractivity contribution in [3.63, 3.8) is 0 Å². The number of methoxy groups -OCH3 is 1. The summed E-state index contributed by atoms with van der Waals surface area (Å²) >= 11 is 0. The molecule has 5 rings (SSSR count). The maximum atomic E-state index is 13.5. The molecule has 2 aromatic carbocycles. The lowest BCUT2D eigenvalue weighted by molar-refractivity contribution is -0.167. The van der Waals surface area contributed by atoms with Crippen LogP contribution in [0.1, 0.15) is 61.3 Å². The fourth-order valence-corrected chi connectivity index (χ4v) is 5.88. The van der Waals surface area contributed by atoms with Crippen molar-refractivity contribution in [1.82, 2.24) is 0 Å². The summed E-state index contributed by atoms with van der Waals surface area (Å²) in [7, 11) is 1.61. The second-order valence-electron chi connectivity index (χ2n) is 10.3. The molecule has 8 nitrogen and oxygen atoms in total. The molecule has 0 saturated heterocycles. The molecule has 0 aromatic heterocycles. The summed E-state index contributed by atoms with van der Waals surface area (Å²) in [6, 6.07) is 12.7. The fraction of sp³-hybridized carbons (Fsp3) is 0.467. The highest BCUT2D eigenvalue weighted by Crippen LogP contribution is 2.47. The minimum absolute atomic E-state index is 0.0155. The summed E-state index contributed by atoms with van der Waals surface area (Å²) in [4.78, 5) is 25.7. The Hall–Kier alpha value is -3.36. The third kappa shape index (κ3) is 5.28. The number of ether oxygens (including phenoxy) is 4. The summed E-state index contributed by atoms with van der Waals surface area (Å²) in [6.07, 6.45) is 4.93. The van der Waals surface area contributed by atoms with Crippen LogP contribution < -0.4 is 15.2 Å². The molecule has 8 heteroatoms. The van der Waals surface area contributed by atoms with Gasteiger partial charge in [-0.3, -0.25) is 4.79 Å².